The number of ether oxygens (including phenoxy) is 2. The lowest BCUT2D eigenvalue weighted by atomic mass is 10.0. The second-order valence-electron chi connectivity index (χ2n) is 9.87. The number of aryl methyl sites for hydroxylation is 1. The summed E-state index contributed by atoms with van der Waals surface area (Å²) in [6.45, 7) is 3.54. The van der Waals surface area contributed by atoms with Crippen LogP contribution in [-0.4, -0.2) is 68.3 Å². The highest BCUT2D eigenvalue weighted by Crippen LogP contribution is 2.21. The Hall–Kier alpha value is -4.38. The molecular weight excluding hydrogens is 524 g/mol. The number of carbonyl (C=O) groups excluding carboxylic acids is 1. The molecule has 1 unspecified atom stereocenters. The molecule has 0 saturated heterocycles. The van der Waals surface area contributed by atoms with Gasteiger partial charge in [-0.1, -0.05) is 55.8 Å². The van der Waals surface area contributed by atoms with Crippen LogP contribution in [0.25, 0.3) is 11.2 Å². The lowest BCUT2D eigenvalue weighted by Crippen LogP contribution is -2.36. The third-order valence-electron chi connectivity index (χ3n) is 6.95. The molecule has 0 fully saturated rings. The van der Waals surface area contributed by atoms with Crippen LogP contribution in [0.3, 0.4) is 0 Å². The Labute approximate surface area is 238 Å². The van der Waals surface area contributed by atoms with Gasteiger partial charge in [-0.05, 0) is 43.4 Å². The number of carbonyl (C=O) groups is 1. The fraction of sp³-hybridized carbons (Fsp3) is 0.400. The second kappa shape index (κ2) is 14.3. The summed E-state index contributed by atoms with van der Waals surface area (Å²) < 4.78 is 12.8. The SMILES string of the molecule is CCCCOc1nc(N)c2[nH]c(=O)n(CCCN(CCC(Cc3ccccc3)OC)C(=O)c3ccccc3O)c2n1. The van der Waals surface area contributed by atoms with Crippen molar-refractivity contribution in [1.29, 1.82) is 0 Å². The van der Waals surface area contributed by atoms with E-state index in [0.29, 0.717) is 50.1 Å². The van der Waals surface area contributed by atoms with E-state index < -0.39 is 0 Å². The molecule has 0 aliphatic heterocycles. The van der Waals surface area contributed by atoms with E-state index in [1.54, 1.807) is 30.2 Å². The van der Waals surface area contributed by atoms with Crippen molar-refractivity contribution < 1.29 is 19.4 Å². The number of unbranched alkanes of at least 4 members (excludes halogenated alkanes) is 1. The highest BCUT2D eigenvalue weighted by Gasteiger charge is 2.21. The Balaban J connectivity index is 1.49. The van der Waals surface area contributed by atoms with E-state index in [0.717, 1.165) is 18.4 Å². The number of para-hydroxylation sites is 1. The number of anilines is 1. The Morgan fingerprint density at radius 2 is 1.85 bits per heavy atom. The van der Waals surface area contributed by atoms with E-state index in [4.69, 9.17) is 15.2 Å². The second-order valence-corrected chi connectivity index (χ2v) is 9.87. The molecule has 4 aromatic rings. The van der Waals surface area contributed by atoms with Gasteiger partial charge in [-0.15, -0.1) is 0 Å². The Morgan fingerprint density at radius 3 is 2.59 bits per heavy atom. The summed E-state index contributed by atoms with van der Waals surface area (Å²) in [5, 5.41) is 10.3. The van der Waals surface area contributed by atoms with Gasteiger partial charge in [-0.3, -0.25) is 9.36 Å². The number of aromatic nitrogens is 4. The van der Waals surface area contributed by atoms with Crippen LogP contribution in [0.4, 0.5) is 5.82 Å². The molecule has 0 aliphatic rings. The van der Waals surface area contributed by atoms with Gasteiger partial charge in [0.1, 0.15) is 11.3 Å². The molecule has 0 bridgehead atoms. The maximum atomic E-state index is 13.5. The highest BCUT2D eigenvalue weighted by molar-refractivity contribution is 5.96. The minimum Gasteiger partial charge on any atom is -0.507 e. The fourth-order valence-corrected chi connectivity index (χ4v) is 4.65. The van der Waals surface area contributed by atoms with E-state index in [2.05, 4.69) is 21.9 Å². The smallest absolute Gasteiger partial charge is 0.327 e. The van der Waals surface area contributed by atoms with Gasteiger partial charge in [0.15, 0.2) is 11.5 Å². The van der Waals surface area contributed by atoms with Gasteiger partial charge >= 0.3 is 11.7 Å². The summed E-state index contributed by atoms with van der Waals surface area (Å²) in [5.74, 6) is -0.231. The third-order valence-corrected chi connectivity index (χ3v) is 6.95. The normalized spacial score (nSPS) is 12.0. The average molecular weight is 563 g/mol. The number of methoxy groups -OCH3 is 1. The van der Waals surface area contributed by atoms with Gasteiger partial charge in [0, 0.05) is 26.7 Å². The number of phenols is 1. The van der Waals surface area contributed by atoms with Gasteiger partial charge in [-0.2, -0.15) is 9.97 Å². The number of nitrogens with two attached hydrogens (primary N) is 1. The number of rotatable bonds is 15. The van der Waals surface area contributed by atoms with Crippen molar-refractivity contribution in [2.45, 2.75) is 51.7 Å². The van der Waals surface area contributed by atoms with Crippen LogP contribution in [0.2, 0.25) is 0 Å². The monoisotopic (exact) mass is 562 g/mol. The quantitative estimate of drug-likeness (QED) is 0.186. The molecule has 11 nitrogen and oxygen atoms in total. The molecule has 4 N–H and O–H groups in total. The molecule has 11 heteroatoms. The lowest BCUT2D eigenvalue weighted by molar-refractivity contribution is 0.0635. The van der Waals surface area contributed by atoms with Crippen molar-refractivity contribution >= 4 is 22.9 Å². The Bertz CT molecular complexity index is 1490. The number of amides is 1. The first kappa shape index (κ1) is 29.6. The number of benzene rings is 2. The zero-order valence-electron chi connectivity index (χ0n) is 23.6. The van der Waals surface area contributed by atoms with E-state index in [1.807, 2.05) is 30.3 Å². The van der Waals surface area contributed by atoms with Crippen molar-refractivity contribution in [2.24, 2.45) is 0 Å². The number of hydrogen-bond acceptors (Lipinski definition) is 8. The topological polar surface area (TPSA) is 149 Å². The maximum absolute atomic E-state index is 13.5. The molecule has 218 valence electrons. The standard InChI is InChI=1S/C30H38N6O5/c1-3-4-19-41-29-33-26(31)25-27(34-29)36(30(39)32-25)17-10-16-35(28(38)23-13-8-9-14-24(23)37)18-15-22(40-2)20-21-11-6-5-7-12-21/h5-9,11-14,22,37H,3-4,10,15-20H2,1-2H3,(H,32,39)(H2,31,33,34). The zero-order chi connectivity index (χ0) is 29.2. The fourth-order valence-electron chi connectivity index (χ4n) is 4.65. The largest absolute Gasteiger partial charge is 0.507 e. The zero-order valence-corrected chi connectivity index (χ0v) is 23.6. The number of imidazole rings is 1. The van der Waals surface area contributed by atoms with E-state index in [1.165, 1.54) is 10.6 Å². The lowest BCUT2D eigenvalue weighted by Gasteiger charge is -2.25. The molecule has 2 aromatic carbocycles. The molecule has 0 spiro atoms. The predicted molar refractivity (Wildman–Crippen MR) is 157 cm³/mol. The van der Waals surface area contributed by atoms with E-state index in [9.17, 15) is 14.7 Å². The summed E-state index contributed by atoms with van der Waals surface area (Å²) in [6.07, 6.45) is 3.47. The van der Waals surface area contributed by atoms with Crippen LogP contribution in [0.1, 0.15) is 48.5 Å². The van der Waals surface area contributed by atoms with Crippen LogP contribution in [0.5, 0.6) is 11.8 Å². The van der Waals surface area contributed by atoms with Crippen molar-refractivity contribution in [1.82, 2.24) is 24.4 Å². The minimum atomic E-state index is -0.368. The predicted octanol–water partition coefficient (Wildman–Crippen LogP) is 3.77. The van der Waals surface area contributed by atoms with Crippen molar-refractivity contribution in [3.05, 3.63) is 76.2 Å². The third kappa shape index (κ3) is 7.63. The van der Waals surface area contributed by atoms with Crippen LogP contribution in [0, 0.1) is 0 Å². The van der Waals surface area contributed by atoms with Gasteiger partial charge in [0.05, 0.1) is 18.3 Å². The molecule has 0 radical (unpaired) electrons. The average Bonchev–Trinajstić information content (AvgIpc) is 3.30. The summed E-state index contributed by atoms with van der Waals surface area (Å²) in [7, 11) is 1.67. The van der Waals surface area contributed by atoms with Crippen molar-refractivity contribution in [2.75, 3.05) is 32.5 Å². The number of nitrogen functional groups attached to an aromatic ring is 1. The number of aromatic hydroxyl groups is 1. The first-order valence-electron chi connectivity index (χ1n) is 13.9. The molecule has 41 heavy (non-hydrogen) atoms. The minimum absolute atomic E-state index is 0.0781. The number of phenolic OH excluding ortho intramolecular Hbond substituents is 1. The molecule has 2 heterocycles. The molecule has 2 aromatic heterocycles. The number of nitrogens with zero attached hydrogens (tertiary/aromatic N) is 4. The molecule has 4 rings (SSSR count). The summed E-state index contributed by atoms with van der Waals surface area (Å²) in [6, 6.07) is 16.7. The Kier molecular flexibility index (Phi) is 10.3. The van der Waals surface area contributed by atoms with E-state index in [-0.39, 0.29) is 47.4 Å². The first-order valence-corrected chi connectivity index (χ1v) is 13.9. The number of fused-ring (bicyclic) bond motifs is 1. The number of hydrogen-bond donors (Lipinski definition) is 3. The molecule has 0 aliphatic carbocycles. The molecular formula is C30H38N6O5. The van der Waals surface area contributed by atoms with Crippen LogP contribution in [0.15, 0.2) is 59.4 Å². The summed E-state index contributed by atoms with van der Waals surface area (Å²) >= 11 is 0. The van der Waals surface area contributed by atoms with Gasteiger partial charge < -0.3 is 30.2 Å². The maximum Gasteiger partial charge on any atom is 0.327 e. The molecule has 1 atom stereocenters. The van der Waals surface area contributed by atoms with Crippen LogP contribution < -0.4 is 16.2 Å². The Morgan fingerprint density at radius 1 is 1.10 bits per heavy atom. The first-order chi connectivity index (χ1) is 19.9. The van der Waals surface area contributed by atoms with Gasteiger partial charge in [0.25, 0.3) is 5.91 Å². The molecule has 0 saturated carbocycles. The van der Waals surface area contributed by atoms with Gasteiger partial charge in [-0.25, -0.2) is 4.79 Å². The number of nitrogens with one attached hydrogen (secondary N) is 1. The number of aromatic amines is 1. The summed E-state index contributed by atoms with van der Waals surface area (Å²) in [4.78, 5) is 39.3. The summed E-state index contributed by atoms with van der Waals surface area (Å²) in [5.41, 5.74) is 7.79. The van der Waals surface area contributed by atoms with Gasteiger partial charge in [0.2, 0.25) is 0 Å². The molecule has 1 amide bonds. The van der Waals surface area contributed by atoms with Crippen molar-refractivity contribution in [3.8, 4) is 11.8 Å². The van der Waals surface area contributed by atoms with Crippen LogP contribution >= 0.6 is 0 Å². The number of H-pyrrole nitrogens is 1. The van der Waals surface area contributed by atoms with Crippen LogP contribution in [-0.2, 0) is 17.7 Å². The highest BCUT2D eigenvalue weighted by atomic mass is 16.5. The van der Waals surface area contributed by atoms with E-state index >= 15 is 0 Å². The van der Waals surface area contributed by atoms with Crippen molar-refractivity contribution in [3.63, 3.8) is 0 Å².